The Labute approximate surface area is 126 Å². The molecule has 1 aromatic heterocycles. The molecule has 0 aliphatic carbocycles. The van der Waals surface area contributed by atoms with Crippen LogP contribution in [0.1, 0.15) is 11.5 Å². The normalized spacial score (nSPS) is 12.6. The Morgan fingerprint density at radius 1 is 1.10 bits per heavy atom. The second kappa shape index (κ2) is 5.73. The van der Waals surface area contributed by atoms with E-state index in [9.17, 15) is 8.42 Å². The van der Waals surface area contributed by atoms with Gasteiger partial charge in [0.2, 0.25) is 11.8 Å². The molecule has 0 aliphatic heterocycles. The van der Waals surface area contributed by atoms with E-state index >= 15 is 0 Å². The van der Waals surface area contributed by atoms with Gasteiger partial charge < -0.3 is 4.42 Å². The molecule has 0 atom stereocenters. The van der Waals surface area contributed by atoms with Crippen LogP contribution in [0.3, 0.4) is 0 Å². The predicted octanol–water partition coefficient (Wildman–Crippen LogP) is 2.84. The number of aromatic nitrogens is 2. The van der Waals surface area contributed by atoms with Gasteiger partial charge in [-0.2, -0.15) is 0 Å². The first-order valence-corrected chi connectivity index (χ1v) is 12.3. The highest BCUT2D eigenvalue weighted by molar-refractivity contribution is 7.92. The topological polar surface area (TPSA) is 73.1 Å². The van der Waals surface area contributed by atoms with Crippen LogP contribution in [0.15, 0.2) is 28.7 Å². The molecule has 0 unspecified atom stereocenters. The van der Waals surface area contributed by atoms with Crippen LogP contribution in [0.5, 0.6) is 0 Å². The molecule has 0 fully saturated rings. The third-order valence-corrected chi connectivity index (χ3v) is 8.67. The molecule has 0 spiro atoms. The van der Waals surface area contributed by atoms with Crippen LogP contribution in [0.2, 0.25) is 19.6 Å². The van der Waals surface area contributed by atoms with Crippen LogP contribution in [0, 0.1) is 6.92 Å². The third-order valence-electron chi connectivity index (χ3n) is 2.76. The van der Waals surface area contributed by atoms with Gasteiger partial charge in [0.15, 0.2) is 9.84 Å². The summed E-state index contributed by atoms with van der Waals surface area (Å²) >= 11 is 0. The molecule has 7 heteroatoms. The maximum atomic E-state index is 12.1. The molecule has 2 aromatic rings. The molecule has 0 radical (unpaired) electrons. The van der Waals surface area contributed by atoms with E-state index in [1.807, 2.05) is 50.8 Å². The molecule has 0 bridgehead atoms. The van der Waals surface area contributed by atoms with Crippen LogP contribution in [0.25, 0.3) is 11.5 Å². The highest BCUT2D eigenvalue weighted by Crippen LogP contribution is 2.19. The fourth-order valence-corrected chi connectivity index (χ4v) is 8.20. The van der Waals surface area contributed by atoms with Crippen molar-refractivity contribution in [2.24, 2.45) is 0 Å². The Bertz CT molecular complexity index is 715. The largest absolute Gasteiger partial charge is 0.420 e. The number of benzene rings is 1. The van der Waals surface area contributed by atoms with E-state index in [4.69, 9.17) is 4.42 Å². The molecular formula is C14H20N2O3SSi. The monoisotopic (exact) mass is 324 g/mol. The molecule has 2 rings (SSSR count). The Hall–Kier alpha value is -1.47. The Balaban J connectivity index is 2.15. The zero-order valence-electron chi connectivity index (χ0n) is 12.8. The lowest BCUT2D eigenvalue weighted by Gasteiger charge is -2.14. The fourth-order valence-electron chi connectivity index (χ4n) is 2.02. The average molecular weight is 324 g/mol. The molecule has 114 valence electrons. The van der Waals surface area contributed by atoms with Crippen molar-refractivity contribution in [1.82, 2.24) is 10.2 Å². The van der Waals surface area contributed by atoms with Crippen molar-refractivity contribution in [3.05, 3.63) is 35.7 Å². The lowest BCUT2D eigenvalue weighted by Crippen LogP contribution is -2.32. The zero-order valence-corrected chi connectivity index (χ0v) is 14.6. The minimum Gasteiger partial charge on any atom is -0.420 e. The van der Waals surface area contributed by atoms with Gasteiger partial charge in [0.05, 0.1) is 8.07 Å². The van der Waals surface area contributed by atoms with Crippen LogP contribution >= 0.6 is 0 Å². The van der Waals surface area contributed by atoms with Gasteiger partial charge in [0.25, 0.3) is 0 Å². The quantitative estimate of drug-likeness (QED) is 0.791. The molecule has 5 nitrogen and oxygen atoms in total. The average Bonchev–Trinajstić information content (AvgIpc) is 2.74. The summed E-state index contributed by atoms with van der Waals surface area (Å²) in [6, 6.07) is 7.65. The maximum absolute atomic E-state index is 12.1. The number of hydrogen-bond donors (Lipinski definition) is 0. The van der Waals surface area contributed by atoms with Gasteiger partial charge in [0, 0.05) is 10.9 Å². The fraction of sp³-hybridized carbons (Fsp3) is 0.429. The Kier molecular flexibility index (Phi) is 4.34. The number of aryl methyl sites for hydroxylation is 1. The number of rotatable bonds is 5. The number of nitrogens with zero attached hydrogens (tertiary/aromatic N) is 2. The number of hydrogen-bond acceptors (Lipinski definition) is 5. The summed E-state index contributed by atoms with van der Waals surface area (Å²) in [6.07, 6.45) is 0. The van der Waals surface area contributed by atoms with E-state index in [1.54, 1.807) is 0 Å². The highest BCUT2D eigenvalue weighted by atomic mass is 32.2. The molecule has 0 aliphatic rings. The van der Waals surface area contributed by atoms with Gasteiger partial charge in [-0.25, -0.2) is 8.42 Å². The minimum absolute atomic E-state index is 0.156. The maximum Gasteiger partial charge on any atom is 0.247 e. The summed E-state index contributed by atoms with van der Waals surface area (Å²) in [5.74, 6) is 0.327. The first kappa shape index (κ1) is 15.9. The van der Waals surface area contributed by atoms with E-state index in [0.29, 0.717) is 5.89 Å². The minimum atomic E-state index is -3.20. The van der Waals surface area contributed by atoms with Gasteiger partial charge in [0.1, 0.15) is 5.75 Å². The van der Waals surface area contributed by atoms with E-state index in [-0.39, 0.29) is 17.0 Å². The zero-order chi connectivity index (χ0) is 15.7. The summed E-state index contributed by atoms with van der Waals surface area (Å²) in [4.78, 5) is 0. The molecule has 21 heavy (non-hydrogen) atoms. The first-order valence-electron chi connectivity index (χ1n) is 6.74. The van der Waals surface area contributed by atoms with Crippen LogP contribution < -0.4 is 0 Å². The third kappa shape index (κ3) is 4.78. The number of sulfone groups is 1. The molecular weight excluding hydrogens is 304 g/mol. The van der Waals surface area contributed by atoms with E-state index in [0.717, 1.165) is 11.1 Å². The molecule has 0 N–H and O–H groups in total. The molecule has 1 aromatic carbocycles. The molecule has 1 heterocycles. The van der Waals surface area contributed by atoms with Crippen molar-refractivity contribution in [3.8, 4) is 11.5 Å². The molecule has 0 saturated heterocycles. The highest BCUT2D eigenvalue weighted by Gasteiger charge is 2.25. The molecule has 0 amide bonds. The lowest BCUT2D eigenvalue weighted by molar-refractivity contribution is 0.519. The summed E-state index contributed by atoms with van der Waals surface area (Å²) in [5, 5.41) is 8.00. The SMILES string of the molecule is Cc1ccc(-c2nnc(CS(=O)(=O)C[Si](C)(C)C)o2)cc1. The Morgan fingerprint density at radius 3 is 2.29 bits per heavy atom. The second-order valence-corrected chi connectivity index (χ2v) is 14.5. The first-order chi connectivity index (χ1) is 9.65. The van der Waals surface area contributed by atoms with Crippen molar-refractivity contribution in [3.63, 3.8) is 0 Å². The van der Waals surface area contributed by atoms with Gasteiger partial charge >= 0.3 is 0 Å². The summed E-state index contributed by atoms with van der Waals surface area (Å²) < 4.78 is 29.7. The summed E-state index contributed by atoms with van der Waals surface area (Å²) in [5.41, 5.74) is 1.93. The standard InChI is InChI=1S/C14H20N2O3SSi/c1-11-5-7-12(8-6-11)14-16-15-13(19-14)9-20(17,18)10-21(2,3)4/h5-8H,9-10H2,1-4H3. The van der Waals surface area contributed by atoms with Crippen LogP contribution in [-0.4, -0.2) is 32.1 Å². The van der Waals surface area contributed by atoms with Crippen molar-refractivity contribution in [2.75, 3.05) is 5.38 Å². The van der Waals surface area contributed by atoms with Gasteiger partial charge in [-0.3, -0.25) is 0 Å². The lowest BCUT2D eigenvalue weighted by atomic mass is 10.1. The van der Waals surface area contributed by atoms with Gasteiger partial charge in [-0.05, 0) is 19.1 Å². The van der Waals surface area contributed by atoms with E-state index in [1.165, 1.54) is 0 Å². The Morgan fingerprint density at radius 2 is 1.71 bits per heavy atom. The second-order valence-electron chi connectivity index (χ2n) is 6.46. The van der Waals surface area contributed by atoms with Gasteiger partial charge in [-0.1, -0.05) is 37.3 Å². The van der Waals surface area contributed by atoms with E-state index in [2.05, 4.69) is 10.2 Å². The predicted molar refractivity (Wildman–Crippen MR) is 85.3 cm³/mol. The summed E-state index contributed by atoms with van der Waals surface area (Å²) in [7, 11) is -4.89. The summed E-state index contributed by atoms with van der Waals surface area (Å²) in [6.45, 7) is 8.06. The van der Waals surface area contributed by atoms with Crippen molar-refractivity contribution in [1.29, 1.82) is 0 Å². The van der Waals surface area contributed by atoms with Crippen molar-refractivity contribution in [2.45, 2.75) is 32.3 Å². The van der Waals surface area contributed by atoms with Crippen LogP contribution in [0.4, 0.5) is 0 Å². The van der Waals surface area contributed by atoms with Crippen LogP contribution in [-0.2, 0) is 15.6 Å². The van der Waals surface area contributed by atoms with Gasteiger partial charge in [-0.15, -0.1) is 10.2 Å². The van der Waals surface area contributed by atoms with Crippen molar-refractivity contribution < 1.29 is 12.8 Å². The van der Waals surface area contributed by atoms with Crippen molar-refractivity contribution >= 4 is 17.9 Å². The van der Waals surface area contributed by atoms with E-state index < -0.39 is 17.9 Å². The molecule has 0 saturated carbocycles. The smallest absolute Gasteiger partial charge is 0.247 e.